The van der Waals surface area contributed by atoms with E-state index in [9.17, 15) is 0 Å². The minimum Gasteiger partial charge on any atom is -0.492 e. The average Bonchev–Trinajstić information content (AvgIpc) is 2.70. The summed E-state index contributed by atoms with van der Waals surface area (Å²) in [6, 6.07) is 8.61. The van der Waals surface area contributed by atoms with E-state index in [2.05, 4.69) is 60.3 Å². The normalized spacial score (nSPS) is 16.9. The van der Waals surface area contributed by atoms with Gasteiger partial charge in [0.1, 0.15) is 12.4 Å². The van der Waals surface area contributed by atoms with Gasteiger partial charge in [-0.3, -0.25) is 9.89 Å². The minimum absolute atomic E-state index is 0. The van der Waals surface area contributed by atoms with E-state index >= 15 is 0 Å². The molecule has 0 saturated carbocycles. The molecule has 1 aromatic carbocycles. The van der Waals surface area contributed by atoms with Crippen molar-refractivity contribution in [3.8, 4) is 5.75 Å². The standard InChI is InChI=1S/C21H37N5O.HI/c1-5-22-21(23-11-16-27-20-9-7-18(3)8-10-20)24-17-19(4)26-14-12-25(6-2)13-15-26;/h7-10,19H,5-6,11-17H2,1-4H3,(H2,22,23,24);1H. The fourth-order valence-corrected chi connectivity index (χ4v) is 3.17. The molecule has 1 fully saturated rings. The number of nitrogens with one attached hydrogen (secondary N) is 2. The predicted molar refractivity (Wildman–Crippen MR) is 129 cm³/mol. The first-order valence-corrected chi connectivity index (χ1v) is 10.3. The van der Waals surface area contributed by atoms with Crippen molar-refractivity contribution in [1.82, 2.24) is 20.4 Å². The van der Waals surface area contributed by atoms with Gasteiger partial charge in [0, 0.05) is 38.8 Å². The summed E-state index contributed by atoms with van der Waals surface area (Å²) in [5.74, 6) is 1.77. The summed E-state index contributed by atoms with van der Waals surface area (Å²) in [5, 5.41) is 6.68. The summed E-state index contributed by atoms with van der Waals surface area (Å²) in [6.45, 7) is 17.4. The molecule has 1 atom stereocenters. The Labute approximate surface area is 188 Å². The monoisotopic (exact) mass is 503 g/mol. The molecule has 0 spiro atoms. The summed E-state index contributed by atoms with van der Waals surface area (Å²) in [4.78, 5) is 9.82. The largest absolute Gasteiger partial charge is 0.492 e. The Hall–Kier alpha value is -1.06. The fourth-order valence-electron chi connectivity index (χ4n) is 3.17. The van der Waals surface area contributed by atoms with Crippen molar-refractivity contribution in [2.75, 3.05) is 59.0 Å². The van der Waals surface area contributed by atoms with Crippen LogP contribution in [0.3, 0.4) is 0 Å². The van der Waals surface area contributed by atoms with E-state index in [0.717, 1.165) is 51.0 Å². The number of ether oxygens (including phenoxy) is 1. The number of halogens is 1. The quantitative estimate of drug-likeness (QED) is 0.235. The zero-order valence-electron chi connectivity index (χ0n) is 17.9. The van der Waals surface area contributed by atoms with E-state index in [4.69, 9.17) is 9.73 Å². The zero-order valence-corrected chi connectivity index (χ0v) is 20.2. The number of benzene rings is 1. The first kappa shape index (κ1) is 25.0. The van der Waals surface area contributed by atoms with Gasteiger partial charge >= 0.3 is 0 Å². The van der Waals surface area contributed by atoms with Crippen LogP contribution in [0.2, 0.25) is 0 Å². The lowest BCUT2D eigenvalue weighted by Crippen LogP contribution is -2.50. The molecule has 1 aliphatic rings. The number of hydrogen-bond donors (Lipinski definition) is 2. The third-order valence-electron chi connectivity index (χ3n) is 5.02. The average molecular weight is 503 g/mol. The van der Waals surface area contributed by atoms with Crippen LogP contribution in [0.25, 0.3) is 0 Å². The maximum atomic E-state index is 5.77. The molecule has 1 aromatic rings. The van der Waals surface area contributed by atoms with Crippen molar-refractivity contribution in [1.29, 1.82) is 0 Å². The molecule has 1 aliphatic heterocycles. The third-order valence-corrected chi connectivity index (χ3v) is 5.02. The van der Waals surface area contributed by atoms with Crippen molar-refractivity contribution in [3.63, 3.8) is 0 Å². The van der Waals surface area contributed by atoms with Crippen LogP contribution in [0.15, 0.2) is 29.3 Å². The van der Waals surface area contributed by atoms with Crippen LogP contribution < -0.4 is 15.4 Å². The van der Waals surface area contributed by atoms with Crippen molar-refractivity contribution in [2.24, 2.45) is 4.99 Å². The van der Waals surface area contributed by atoms with Gasteiger partial charge in [0.15, 0.2) is 5.96 Å². The maximum Gasteiger partial charge on any atom is 0.191 e. The topological polar surface area (TPSA) is 52.1 Å². The molecular formula is C21H38IN5O. The number of aliphatic imine (C=N–C) groups is 1. The van der Waals surface area contributed by atoms with Crippen molar-refractivity contribution >= 4 is 29.9 Å². The minimum atomic E-state index is 0. The molecule has 0 aliphatic carbocycles. The Kier molecular flexibility index (Phi) is 12.5. The van der Waals surface area contributed by atoms with Crippen molar-refractivity contribution in [2.45, 2.75) is 33.7 Å². The highest BCUT2D eigenvalue weighted by Gasteiger charge is 2.19. The molecule has 0 bridgehead atoms. The highest BCUT2D eigenvalue weighted by molar-refractivity contribution is 14.0. The van der Waals surface area contributed by atoms with E-state index in [0.29, 0.717) is 12.6 Å². The molecular weight excluding hydrogens is 465 g/mol. The van der Waals surface area contributed by atoms with E-state index in [1.54, 1.807) is 0 Å². The van der Waals surface area contributed by atoms with Gasteiger partial charge in [-0.1, -0.05) is 24.6 Å². The predicted octanol–water partition coefficient (Wildman–Crippen LogP) is 2.57. The SMILES string of the molecule is CCNC(=NCC(C)N1CCN(CC)CC1)NCCOc1ccc(C)cc1.I. The molecule has 28 heavy (non-hydrogen) atoms. The molecule has 1 saturated heterocycles. The Morgan fingerprint density at radius 2 is 1.79 bits per heavy atom. The smallest absolute Gasteiger partial charge is 0.191 e. The lowest BCUT2D eigenvalue weighted by atomic mass is 10.2. The number of nitrogens with zero attached hydrogens (tertiary/aromatic N) is 3. The van der Waals surface area contributed by atoms with Gasteiger partial charge in [-0.2, -0.15) is 0 Å². The number of guanidine groups is 1. The number of aryl methyl sites for hydroxylation is 1. The molecule has 2 N–H and O–H groups in total. The number of hydrogen-bond acceptors (Lipinski definition) is 4. The van der Waals surface area contributed by atoms with Gasteiger partial charge in [-0.05, 0) is 39.4 Å². The number of rotatable bonds is 9. The van der Waals surface area contributed by atoms with E-state index in [-0.39, 0.29) is 24.0 Å². The van der Waals surface area contributed by atoms with E-state index in [1.807, 2.05) is 12.1 Å². The Bertz CT molecular complexity index is 558. The van der Waals surface area contributed by atoms with Crippen LogP contribution in [0.1, 0.15) is 26.3 Å². The summed E-state index contributed by atoms with van der Waals surface area (Å²) >= 11 is 0. The summed E-state index contributed by atoms with van der Waals surface area (Å²) in [7, 11) is 0. The van der Waals surface area contributed by atoms with Crippen LogP contribution in [-0.4, -0.2) is 80.8 Å². The molecule has 160 valence electrons. The van der Waals surface area contributed by atoms with Gasteiger partial charge in [-0.25, -0.2) is 0 Å². The highest BCUT2D eigenvalue weighted by atomic mass is 127. The highest BCUT2D eigenvalue weighted by Crippen LogP contribution is 2.10. The Balaban J connectivity index is 0.00000392. The molecule has 6 nitrogen and oxygen atoms in total. The number of likely N-dealkylation sites (N-methyl/N-ethyl adjacent to an activating group) is 1. The van der Waals surface area contributed by atoms with Crippen molar-refractivity contribution < 1.29 is 4.74 Å². The molecule has 2 rings (SSSR count). The number of piperazine rings is 1. The molecule has 7 heteroatoms. The van der Waals surface area contributed by atoms with Gasteiger partial charge in [-0.15, -0.1) is 24.0 Å². The van der Waals surface area contributed by atoms with Crippen LogP contribution in [0.4, 0.5) is 0 Å². The van der Waals surface area contributed by atoms with E-state index in [1.165, 1.54) is 18.7 Å². The summed E-state index contributed by atoms with van der Waals surface area (Å²) in [6.07, 6.45) is 0. The lowest BCUT2D eigenvalue weighted by molar-refractivity contribution is 0.109. The van der Waals surface area contributed by atoms with Crippen LogP contribution in [0.5, 0.6) is 5.75 Å². The maximum absolute atomic E-state index is 5.77. The molecule has 0 radical (unpaired) electrons. The summed E-state index contributed by atoms with van der Waals surface area (Å²) in [5.41, 5.74) is 1.24. The van der Waals surface area contributed by atoms with Gasteiger partial charge in [0.2, 0.25) is 0 Å². The van der Waals surface area contributed by atoms with Crippen LogP contribution in [-0.2, 0) is 0 Å². The second-order valence-corrected chi connectivity index (χ2v) is 7.13. The molecule has 0 aromatic heterocycles. The second kappa shape index (κ2) is 14.0. The van der Waals surface area contributed by atoms with Gasteiger partial charge in [0.05, 0.1) is 13.1 Å². The second-order valence-electron chi connectivity index (χ2n) is 7.13. The van der Waals surface area contributed by atoms with Gasteiger partial charge in [0.25, 0.3) is 0 Å². The third kappa shape index (κ3) is 8.96. The summed E-state index contributed by atoms with van der Waals surface area (Å²) < 4.78 is 5.77. The van der Waals surface area contributed by atoms with Crippen LogP contribution in [0, 0.1) is 6.92 Å². The van der Waals surface area contributed by atoms with Gasteiger partial charge < -0.3 is 20.3 Å². The van der Waals surface area contributed by atoms with E-state index < -0.39 is 0 Å². The van der Waals surface area contributed by atoms with Crippen molar-refractivity contribution in [3.05, 3.63) is 29.8 Å². The fraction of sp³-hybridized carbons (Fsp3) is 0.667. The molecule has 0 amide bonds. The zero-order chi connectivity index (χ0) is 19.5. The Morgan fingerprint density at radius 1 is 1.11 bits per heavy atom. The molecule has 1 unspecified atom stereocenters. The first-order chi connectivity index (χ1) is 13.1. The van der Waals surface area contributed by atoms with Crippen LogP contribution >= 0.6 is 24.0 Å². The first-order valence-electron chi connectivity index (χ1n) is 10.3. The molecule has 1 heterocycles. The lowest BCUT2D eigenvalue weighted by Gasteiger charge is -2.37. The Morgan fingerprint density at radius 3 is 2.39 bits per heavy atom.